The van der Waals surface area contributed by atoms with Crippen molar-refractivity contribution < 1.29 is 4.79 Å². The van der Waals surface area contributed by atoms with E-state index in [1.54, 1.807) is 0 Å². The highest BCUT2D eigenvalue weighted by atomic mass is 127. The normalized spacial score (nSPS) is 14.7. The second kappa shape index (κ2) is 12.1. The second-order valence-electron chi connectivity index (χ2n) is 6.41. The van der Waals surface area contributed by atoms with E-state index in [0.29, 0.717) is 25.6 Å². The van der Waals surface area contributed by atoms with Crippen LogP contribution in [-0.2, 0) is 11.3 Å². The number of nitrogens with one attached hydrogen (secondary N) is 3. The third-order valence-corrected chi connectivity index (χ3v) is 4.21. The van der Waals surface area contributed by atoms with Gasteiger partial charge in [0, 0.05) is 25.6 Å². The monoisotopic (exact) mass is 458 g/mol. The molecule has 5 nitrogen and oxygen atoms in total. The summed E-state index contributed by atoms with van der Waals surface area (Å²) in [5.74, 6) is 0.886. The quantitative estimate of drug-likeness (QED) is 0.334. The highest BCUT2D eigenvalue weighted by Gasteiger charge is 2.16. The number of carbonyl (C=O) groups excluding carboxylic acids is 1. The summed E-state index contributed by atoms with van der Waals surface area (Å²) in [5.41, 5.74) is 2.43. The summed E-state index contributed by atoms with van der Waals surface area (Å²) in [4.78, 5) is 16.5. The van der Waals surface area contributed by atoms with Crippen molar-refractivity contribution in [2.24, 2.45) is 4.99 Å². The minimum Gasteiger partial charge on any atom is -0.357 e. The summed E-state index contributed by atoms with van der Waals surface area (Å²) in [6, 6.07) is 8.74. The minimum atomic E-state index is 0. The van der Waals surface area contributed by atoms with Crippen molar-refractivity contribution in [1.82, 2.24) is 16.0 Å². The van der Waals surface area contributed by atoms with Crippen molar-refractivity contribution >= 4 is 35.8 Å². The molecule has 1 aromatic carbocycles. The smallest absolute Gasteiger partial charge is 0.221 e. The Hall–Kier alpha value is -1.31. The van der Waals surface area contributed by atoms with Crippen LogP contribution in [0.4, 0.5) is 0 Å². The lowest BCUT2D eigenvalue weighted by Crippen LogP contribution is -2.40. The lowest BCUT2D eigenvalue weighted by atomic mass is 10.1. The van der Waals surface area contributed by atoms with E-state index in [4.69, 9.17) is 0 Å². The van der Waals surface area contributed by atoms with E-state index in [1.165, 1.54) is 24.0 Å². The summed E-state index contributed by atoms with van der Waals surface area (Å²) in [5, 5.41) is 9.57. The predicted octanol–water partition coefficient (Wildman–Crippen LogP) is 3.12. The number of amides is 1. The third-order valence-electron chi connectivity index (χ3n) is 4.21. The Labute approximate surface area is 168 Å². The van der Waals surface area contributed by atoms with Crippen LogP contribution in [-0.4, -0.2) is 31.0 Å². The van der Waals surface area contributed by atoms with Crippen LogP contribution >= 0.6 is 24.0 Å². The molecule has 1 aliphatic rings. The predicted molar refractivity (Wildman–Crippen MR) is 114 cm³/mol. The Morgan fingerprint density at radius 2 is 2.00 bits per heavy atom. The van der Waals surface area contributed by atoms with Gasteiger partial charge in [0.05, 0.1) is 6.54 Å². The van der Waals surface area contributed by atoms with Gasteiger partial charge < -0.3 is 16.0 Å². The maximum Gasteiger partial charge on any atom is 0.221 e. The molecule has 1 amide bonds. The molecular formula is C19H31IN4O. The fraction of sp³-hybridized carbons (Fsp3) is 0.579. The molecule has 1 aromatic rings. The van der Waals surface area contributed by atoms with Crippen molar-refractivity contribution in [3.8, 4) is 0 Å². The first-order chi connectivity index (χ1) is 11.7. The maximum atomic E-state index is 11.9. The van der Waals surface area contributed by atoms with Gasteiger partial charge in [-0.05, 0) is 32.3 Å². The Balaban J connectivity index is 0.00000312. The molecule has 0 aromatic heterocycles. The van der Waals surface area contributed by atoms with Crippen LogP contribution in [0.1, 0.15) is 50.2 Å². The number of rotatable bonds is 7. The maximum absolute atomic E-state index is 11.9. The average Bonchev–Trinajstić information content (AvgIpc) is 3.05. The van der Waals surface area contributed by atoms with Gasteiger partial charge in [-0.1, -0.05) is 42.7 Å². The lowest BCUT2D eigenvalue weighted by Gasteiger charge is -2.14. The minimum absolute atomic E-state index is 0. The van der Waals surface area contributed by atoms with E-state index in [-0.39, 0.29) is 29.9 Å². The summed E-state index contributed by atoms with van der Waals surface area (Å²) >= 11 is 0. The van der Waals surface area contributed by atoms with E-state index in [9.17, 15) is 4.79 Å². The Kier molecular flexibility index (Phi) is 10.5. The SMILES string of the molecule is CCNC(=NCc1cccc(C)c1)NCCC(=O)NC1CCCC1.I. The van der Waals surface area contributed by atoms with E-state index >= 15 is 0 Å². The number of carbonyl (C=O) groups is 1. The topological polar surface area (TPSA) is 65.5 Å². The molecule has 0 spiro atoms. The van der Waals surface area contributed by atoms with Gasteiger partial charge in [0.1, 0.15) is 0 Å². The standard InChI is InChI=1S/C19H30N4O.HI/c1-3-20-19(22-14-16-8-6-7-15(2)13-16)21-12-11-18(24)23-17-9-4-5-10-17;/h6-8,13,17H,3-5,9-12,14H2,1-2H3,(H,23,24)(H2,20,21,22);1H. The number of nitrogens with zero attached hydrogens (tertiary/aromatic N) is 1. The molecule has 1 aliphatic carbocycles. The average molecular weight is 458 g/mol. The Morgan fingerprint density at radius 1 is 1.24 bits per heavy atom. The number of hydrogen-bond acceptors (Lipinski definition) is 2. The van der Waals surface area contributed by atoms with Crippen molar-refractivity contribution in [1.29, 1.82) is 0 Å². The van der Waals surface area contributed by atoms with E-state index in [0.717, 1.165) is 25.3 Å². The summed E-state index contributed by atoms with van der Waals surface area (Å²) in [7, 11) is 0. The summed E-state index contributed by atoms with van der Waals surface area (Å²) in [6.45, 7) is 6.15. The fourth-order valence-electron chi connectivity index (χ4n) is 2.99. The zero-order valence-corrected chi connectivity index (χ0v) is 17.6. The molecule has 0 atom stereocenters. The molecule has 0 aliphatic heterocycles. The van der Waals surface area contributed by atoms with Crippen LogP contribution in [0, 0.1) is 6.92 Å². The van der Waals surface area contributed by atoms with E-state index in [2.05, 4.69) is 46.1 Å². The van der Waals surface area contributed by atoms with Gasteiger partial charge in [0.25, 0.3) is 0 Å². The summed E-state index contributed by atoms with van der Waals surface area (Å²) in [6.07, 6.45) is 5.20. The molecule has 1 fully saturated rings. The molecule has 140 valence electrons. The molecule has 0 unspecified atom stereocenters. The number of hydrogen-bond donors (Lipinski definition) is 3. The van der Waals surface area contributed by atoms with E-state index < -0.39 is 0 Å². The largest absolute Gasteiger partial charge is 0.357 e. The van der Waals surface area contributed by atoms with Gasteiger partial charge in [-0.15, -0.1) is 24.0 Å². The second-order valence-corrected chi connectivity index (χ2v) is 6.41. The number of aryl methyl sites for hydroxylation is 1. The van der Waals surface area contributed by atoms with E-state index in [1.807, 2.05) is 13.0 Å². The van der Waals surface area contributed by atoms with Crippen molar-refractivity contribution in [3.05, 3.63) is 35.4 Å². The molecule has 0 radical (unpaired) electrons. The molecule has 0 bridgehead atoms. The summed E-state index contributed by atoms with van der Waals surface area (Å²) < 4.78 is 0. The fourth-order valence-corrected chi connectivity index (χ4v) is 2.99. The number of guanidine groups is 1. The first-order valence-corrected chi connectivity index (χ1v) is 9.04. The van der Waals surface area contributed by atoms with Crippen LogP contribution in [0.25, 0.3) is 0 Å². The van der Waals surface area contributed by atoms with Crippen molar-refractivity contribution in [2.75, 3.05) is 13.1 Å². The molecule has 1 saturated carbocycles. The van der Waals surface area contributed by atoms with Crippen LogP contribution in [0.2, 0.25) is 0 Å². The van der Waals surface area contributed by atoms with Crippen LogP contribution < -0.4 is 16.0 Å². The van der Waals surface area contributed by atoms with Crippen LogP contribution in [0.3, 0.4) is 0 Å². The van der Waals surface area contributed by atoms with Crippen molar-refractivity contribution in [3.63, 3.8) is 0 Å². The van der Waals surface area contributed by atoms with Gasteiger partial charge in [-0.25, -0.2) is 4.99 Å². The number of halogens is 1. The van der Waals surface area contributed by atoms with Gasteiger partial charge in [-0.2, -0.15) is 0 Å². The van der Waals surface area contributed by atoms with Gasteiger partial charge in [0.15, 0.2) is 5.96 Å². The third kappa shape index (κ3) is 8.56. The van der Waals surface area contributed by atoms with Crippen LogP contribution in [0.15, 0.2) is 29.3 Å². The number of benzene rings is 1. The molecular weight excluding hydrogens is 427 g/mol. The molecule has 25 heavy (non-hydrogen) atoms. The Morgan fingerprint density at radius 3 is 2.68 bits per heavy atom. The zero-order valence-electron chi connectivity index (χ0n) is 15.3. The lowest BCUT2D eigenvalue weighted by molar-refractivity contribution is -0.121. The highest BCUT2D eigenvalue weighted by Crippen LogP contribution is 2.17. The first kappa shape index (κ1) is 21.7. The van der Waals surface area contributed by atoms with Gasteiger partial charge in [-0.3, -0.25) is 4.79 Å². The molecule has 6 heteroatoms. The number of aliphatic imine (C=N–C) groups is 1. The van der Waals surface area contributed by atoms with Crippen molar-refractivity contribution in [2.45, 2.75) is 58.5 Å². The highest BCUT2D eigenvalue weighted by molar-refractivity contribution is 14.0. The Bertz CT molecular complexity index is 556. The zero-order chi connectivity index (χ0) is 17.2. The molecule has 2 rings (SSSR count). The van der Waals surface area contributed by atoms with Gasteiger partial charge in [0.2, 0.25) is 5.91 Å². The molecule has 0 saturated heterocycles. The first-order valence-electron chi connectivity index (χ1n) is 9.04. The molecule has 3 N–H and O–H groups in total. The molecule has 0 heterocycles. The van der Waals surface area contributed by atoms with Crippen LogP contribution in [0.5, 0.6) is 0 Å². The van der Waals surface area contributed by atoms with Gasteiger partial charge >= 0.3 is 0 Å².